The Labute approximate surface area is 124 Å². The van der Waals surface area contributed by atoms with E-state index in [-0.39, 0.29) is 5.91 Å². The minimum atomic E-state index is -0.109. The van der Waals surface area contributed by atoms with Gasteiger partial charge in [0.05, 0.1) is 4.91 Å². The number of nitrogens with zero attached hydrogens (tertiary/aromatic N) is 2. The highest BCUT2D eigenvalue weighted by atomic mass is 32.2. The zero-order chi connectivity index (χ0) is 13.2. The lowest BCUT2D eigenvalue weighted by Crippen LogP contribution is -2.28. The number of carbonyl (C=O) groups excluding carboxylic acids is 1. The highest BCUT2D eigenvalue weighted by Crippen LogP contribution is 2.35. The fraction of sp³-hybridized carbons (Fsp3) is 0. The maximum absolute atomic E-state index is 12.4. The van der Waals surface area contributed by atoms with E-state index in [0.29, 0.717) is 15.0 Å². The molecule has 0 saturated carbocycles. The number of thiophene rings is 1. The second kappa shape index (κ2) is 5.24. The second-order valence-electron chi connectivity index (χ2n) is 3.72. The molecule has 2 aromatic heterocycles. The van der Waals surface area contributed by atoms with Crippen LogP contribution in [0, 0.1) is 0 Å². The molecule has 0 aromatic carbocycles. The molecule has 1 aliphatic rings. The molecule has 3 rings (SSSR count). The third-order valence-corrected chi connectivity index (χ3v) is 4.61. The minimum Gasteiger partial charge on any atom is -0.268 e. The molecule has 1 fully saturated rings. The molecule has 0 N–H and O–H groups in total. The second-order valence-corrected chi connectivity index (χ2v) is 6.38. The van der Waals surface area contributed by atoms with Gasteiger partial charge in [-0.2, -0.15) is 0 Å². The van der Waals surface area contributed by atoms with Crippen LogP contribution in [0.15, 0.2) is 46.8 Å². The van der Waals surface area contributed by atoms with Gasteiger partial charge in [-0.15, -0.1) is 11.3 Å². The number of thioether (sulfide) groups is 1. The van der Waals surface area contributed by atoms with Crippen molar-refractivity contribution < 1.29 is 4.79 Å². The molecule has 0 aliphatic carbocycles. The maximum Gasteiger partial charge on any atom is 0.272 e. The average Bonchev–Trinajstić information content (AvgIpc) is 3.01. The van der Waals surface area contributed by atoms with Gasteiger partial charge in [0.25, 0.3) is 5.91 Å². The van der Waals surface area contributed by atoms with Crippen LogP contribution in [0.5, 0.6) is 0 Å². The van der Waals surface area contributed by atoms with E-state index >= 15 is 0 Å². The molecule has 19 heavy (non-hydrogen) atoms. The lowest BCUT2D eigenvalue weighted by atomic mass is 10.3. The monoisotopic (exact) mass is 304 g/mol. The predicted molar refractivity (Wildman–Crippen MR) is 84.2 cm³/mol. The zero-order valence-corrected chi connectivity index (χ0v) is 12.1. The standard InChI is InChI=1S/C13H8N2OS3/c16-12-10(8-9-4-3-7-18-9)19-13(17)15(12)11-5-1-2-6-14-11/h1-8H/b10-8-. The van der Waals surface area contributed by atoms with Gasteiger partial charge in [-0.05, 0) is 29.7 Å². The van der Waals surface area contributed by atoms with Gasteiger partial charge < -0.3 is 0 Å². The van der Waals surface area contributed by atoms with Crippen molar-refractivity contribution in [1.29, 1.82) is 0 Å². The van der Waals surface area contributed by atoms with Crippen LogP contribution in [-0.2, 0) is 4.79 Å². The topological polar surface area (TPSA) is 33.2 Å². The van der Waals surface area contributed by atoms with Crippen molar-refractivity contribution in [3.8, 4) is 0 Å². The third kappa shape index (κ3) is 2.47. The summed E-state index contributed by atoms with van der Waals surface area (Å²) in [5, 5.41) is 1.98. The summed E-state index contributed by atoms with van der Waals surface area (Å²) in [5.74, 6) is 0.460. The van der Waals surface area contributed by atoms with Crippen LogP contribution in [0.3, 0.4) is 0 Å². The summed E-state index contributed by atoms with van der Waals surface area (Å²) in [7, 11) is 0. The molecule has 0 radical (unpaired) electrons. The first-order valence-electron chi connectivity index (χ1n) is 5.48. The first kappa shape index (κ1) is 12.5. The Morgan fingerprint density at radius 1 is 1.26 bits per heavy atom. The van der Waals surface area contributed by atoms with Crippen LogP contribution in [0.25, 0.3) is 6.08 Å². The van der Waals surface area contributed by atoms with Gasteiger partial charge in [-0.1, -0.05) is 36.1 Å². The van der Waals surface area contributed by atoms with Gasteiger partial charge >= 0.3 is 0 Å². The summed E-state index contributed by atoms with van der Waals surface area (Å²) in [5.41, 5.74) is 0. The largest absolute Gasteiger partial charge is 0.272 e. The summed E-state index contributed by atoms with van der Waals surface area (Å²) in [6.07, 6.45) is 3.52. The van der Waals surface area contributed by atoms with E-state index in [4.69, 9.17) is 12.2 Å². The summed E-state index contributed by atoms with van der Waals surface area (Å²) in [6, 6.07) is 9.35. The molecule has 0 bridgehead atoms. The van der Waals surface area contributed by atoms with Gasteiger partial charge in [0.1, 0.15) is 5.82 Å². The summed E-state index contributed by atoms with van der Waals surface area (Å²) >= 11 is 8.16. The van der Waals surface area contributed by atoms with E-state index in [0.717, 1.165) is 4.88 Å². The van der Waals surface area contributed by atoms with Crippen molar-refractivity contribution in [2.45, 2.75) is 0 Å². The smallest absolute Gasteiger partial charge is 0.268 e. The van der Waals surface area contributed by atoms with Crippen LogP contribution in [0.2, 0.25) is 0 Å². The number of aromatic nitrogens is 1. The fourth-order valence-corrected chi connectivity index (χ4v) is 3.65. The lowest BCUT2D eigenvalue weighted by Gasteiger charge is -2.12. The first-order chi connectivity index (χ1) is 9.25. The third-order valence-electron chi connectivity index (χ3n) is 2.49. The molecule has 1 aliphatic heterocycles. The molecule has 94 valence electrons. The fourth-order valence-electron chi connectivity index (χ4n) is 1.65. The summed E-state index contributed by atoms with van der Waals surface area (Å²) in [4.78, 5) is 19.7. The maximum atomic E-state index is 12.4. The van der Waals surface area contributed by atoms with Crippen LogP contribution in [0.4, 0.5) is 5.82 Å². The molecule has 1 saturated heterocycles. The van der Waals surface area contributed by atoms with Crippen LogP contribution < -0.4 is 4.90 Å². The summed E-state index contributed by atoms with van der Waals surface area (Å²) < 4.78 is 0.520. The molecule has 2 aromatic rings. The van der Waals surface area contributed by atoms with Gasteiger partial charge in [0.15, 0.2) is 4.32 Å². The zero-order valence-electron chi connectivity index (χ0n) is 9.65. The molecular formula is C13H8N2OS3. The van der Waals surface area contributed by atoms with Crippen molar-refractivity contribution in [2.24, 2.45) is 0 Å². The molecule has 0 atom stereocenters. The van der Waals surface area contributed by atoms with E-state index in [1.54, 1.807) is 23.6 Å². The quantitative estimate of drug-likeness (QED) is 0.627. The number of hydrogen-bond acceptors (Lipinski definition) is 5. The number of carbonyl (C=O) groups is 1. The van der Waals surface area contributed by atoms with Crippen LogP contribution in [-0.4, -0.2) is 15.2 Å². The van der Waals surface area contributed by atoms with Gasteiger partial charge in [0.2, 0.25) is 0 Å². The molecule has 0 unspecified atom stereocenters. The number of amides is 1. The Bertz CT molecular complexity index is 650. The van der Waals surface area contributed by atoms with Gasteiger partial charge in [-0.25, -0.2) is 9.88 Å². The molecule has 0 spiro atoms. The highest BCUT2D eigenvalue weighted by Gasteiger charge is 2.33. The highest BCUT2D eigenvalue weighted by molar-refractivity contribution is 8.27. The van der Waals surface area contributed by atoms with Crippen molar-refractivity contribution in [3.05, 3.63) is 51.7 Å². The molecule has 1 amide bonds. The van der Waals surface area contributed by atoms with E-state index < -0.39 is 0 Å². The van der Waals surface area contributed by atoms with Crippen molar-refractivity contribution in [2.75, 3.05) is 4.90 Å². The average molecular weight is 304 g/mol. The predicted octanol–water partition coefficient (Wildman–Crippen LogP) is 3.55. The van der Waals surface area contributed by atoms with Gasteiger partial charge in [0, 0.05) is 11.1 Å². The lowest BCUT2D eigenvalue weighted by molar-refractivity contribution is -0.113. The molecule has 3 nitrogen and oxygen atoms in total. The summed E-state index contributed by atoms with van der Waals surface area (Å²) in [6.45, 7) is 0. The first-order valence-corrected chi connectivity index (χ1v) is 7.58. The minimum absolute atomic E-state index is 0.109. The van der Waals surface area contributed by atoms with E-state index in [9.17, 15) is 4.79 Å². The van der Waals surface area contributed by atoms with E-state index in [2.05, 4.69) is 4.98 Å². The number of hydrogen-bond donors (Lipinski definition) is 0. The number of thiocarbonyl (C=S) groups is 1. The van der Waals surface area contributed by atoms with Gasteiger partial charge in [-0.3, -0.25) is 4.79 Å². The van der Waals surface area contributed by atoms with Crippen molar-refractivity contribution >= 4 is 57.4 Å². The number of rotatable bonds is 2. The SMILES string of the molecule is O=C1/C(=C/c2cccs2)SC(=S)N1c1ccccn1. The van der Waals surface area contributed by atoms with Crippen molar-refractivity contribution in [3.63, 3.8) is 0 Å². The molecule has 3 heterocycles. The normalized spacial score (nSPS) is 17.5. The number of pyridine rings is 1. The Morgan fingerprint density at radius 2 is 2.16 bits per heavy atom. The van der Waals surface area contributed by atoms with Crippen molar-refractivity contribution in [1.82, 2.24) is 4.98 Å². The molecular weight excluding hydrogens is 296 g/mol. The van der Waals surface area contributed by atoms with Crippen LogP contribution in [0.1, 0.15) is 4.88 Å². The Balaban J connectivity index is 1.94. The Hall–Kier alpha value is -1.50. The number of anilines is 1. The van der Waals surface area contributed by atoms with Crippen LogP contribution >= 0.6 is 35.3 Å². The van der Waals surface area contributed by atoms with E-state index in [1.807, 2.05) is 35.7 Å². The van der Waals surface area contributed by atoms with E-state index in [1.165, 1.54) is 16.7 Å². The molecule has 6 heteroatoms. The Morgan fingerprint density at radius 3 is 2.84 bits per heavy atom. The Kier molecular flexibility index (Phi) is 3.46.